The van der Waals surface area contributed by atoms with Crippen LogP contribution in [-0.4, -0.2) is 9.13 Å². The Balaban J connectivity index is 0.751. The summed E-state index contributed by atoms with van der Waals surface area (Å²) in [6.45, 7) is 13.7. The summed E-state index contributed by atoms with van der Waals surface area (Å²) in [6, 6.07) is 82.2. The molecule has 4 heteroatoms. The largest absolute Gasteiger partial charge is 0.309 e. The predicted molar refractivity (Wildman–Crippen MR) is 331 cm³/mol. The lowest BCUT2D eigenvalue weighted by Gasteiger charge is -2.19. The van der Waals surface area contributed by atoms with E-state index in [-0.39, 0.29) is 10.8 Å². The first-order chi connectivity index (χ1) is 36.9. The van der Waals surface area contributed by atoms with Gasteiger partial charge in [-0.1, -0.05) is 193 Å². The maximum Gasteiger partial charge on any atom is 0.0541 e. The van der Waals surface area contributed by atoms with Gasteiger partial charge in [0.25, 0.3) is 0 Å². The number of thiophene rings is 1. The molecule has 0 fully saturated rings. The standard InChI is InChI=1S/C72H58N2S2/c1-71(2,3)47-25-29-49(30-26-47)73-63-21-13-11-19-57(63)61-43-45(23-37-65(61)73)51-33-35-59(55-17-9-7-15-53(51)55)67-39-41-69(75-67)70-42-40-68(76-70)60-36-34-52(54-16-8-10-18-56(54)60)46-24-38-66-62(44-46)58-20-12-14-22-64(58)74(66)50-31-27-48(28-32-50)72(4,5)6/h7-41,43-44,70H,42H2,1-6H3. The molecule has 0 bridgehead atoms. The van der Waals surface area contributed by atoms with E-state index in [1.807, 2.05) is 23.1 Å². The third-order valence-corrected chi connectivity index (χ3v) is 18.8. The van der Waals surface area contributed by atoms with Crippen molar-refractivity contribution in [3.8, 4) is 44.1 Å². The first-order valence-electron chi connectivity index (χ1n) is 26.7. The lowest BCUT2D eigenvalue weighted by molar-refractivity contribution is 0.590. The lowest BCUT2D eigenvalue weighted by atomic mass is 9.87. The first kappa shape index (κ1) is 46.6. The van der Waals surface area contributed by atoms with Gasteiger partial charge in [-0.15, -0.1) is 23.1 Å². The van der Waals surface area contributed by atoms with E-state index in [0.29, 0.717) is 5.25 Å². The number of hydrogen-bond donors (Lipinski definition) is 0. The molecule has 0 aliphatic carbocycles. The van der Waals surface area contributed by atoms with Crippen molar-refractivity contribution in [2.24, 2.45) is 0 Å². The molecule has 2 nitrogen and oxygen atoms in total. The van der Waals surface area contributed by atoms with Gasteiger partial charge in [0, 0.05) is 52.8 Å². The maximum atomic E-state index is 2.48. The minimum absolute atomic E-state index is 0.103. The van der Waals surface area contributed by atoms with E-state index in [4.69, 9.17) is 0 Å². The van der Waals surface area contributed by atoms with E-state index in [1.54, 1.807) is 0 Å². The topological polar surface area (TPSA) is 9.86 Å². The van der Waals surface area contributed by atoms with Crippen LogP contribution in [0.4, 0.5) is 0 Å². The molecular weight excluding hydrogens is 957 g/mol. The lowest BCUT2D eigenvalue weighted by Crippen LogP contribution is -2.10. The van der Waals surface area contributed by atoms with Crippen molar-refractivity contribution in [2.45, 2.75) is 64.0 Å². The quantitative estimate of drug-likeness (QED) is 0.155. The molecule has 1 atom stereocenters. The number of thioether (sulfide) groups is 1. The second-order valence-corrected chi connectivity index (χ2v) is 25.1. The summed E-state index contributed by atoms with van der Waals surface area (Å²) in [7, 11) is 0. The summed E-state index contributed by atoms with van der Waals surface area (Å²) in [5, 5.41) is 10.6. The average Bonchev–Trinajstić information content (AvgIpc) is 4.35. The van der Waals surface area contributed by atoms with Gasteiger partial charge in [0.05, 0.1) is 22.1 Å². The second kappa shape index (κ2) is 17.9. The Bertz CT molecular complexity index is 4470. The minimum atomic E-state index is 0.103. The zero-order chi connectivity index (χ0) is 51.5. The van der Waals surface area contributed by atoms with Crippen LogP contribution in [0, 0.1) is 0 Å². The molecule has 76 heavy (non-hydrogen) atoms. The van der Waals surface area contributed by atoms with Gasteiger partial charge in [-0.3, -0.25) is 0 Å². The summed E-state index contributed by atoms with van der Waals surface area (Å²) < 4.78 is 4.85. The van der Waals surface area contributed by atoms with Gasteiger partial charge in [-0.05, 0) is 156 Å². The highest BCUT2D eigenvalue weighted by Gasteiger charge is 2.26. The van der Waals surface area contributed by atoms with Gasteiger partial charge in [0.1, 0.15) is 0 Å². The number of nitrogens with zero attached hydrogens (tertiary/aromatic N) is 2. The third-order valence-electron chi connectivity index (χ3n) is 16.1. The molecule has 0 saturated heterocycles. The number of aromatic nitrogens is 2. The Morgan fingerprint density at radius 2 is 0.776 bits per heavy atom. The van der Waals surface area contributed by atoms with E-state index in [2.05, 4.69) is 275 Å². The number of hydrogen-bond acceptors (Lipinski definition) is 2. The Kier molecular flexibility index (Phi) is 11.0. The number of benzene rings is 10. The summed E-state index contributed by atoms with van der Waals surface area (Å²) >= 11 is 3.97. The molecule has 1 aliphatic rings. The number of rotatable bonds is 7. The van der Waals surface area contributed by atoms with Gasteiger partial charge in [-0.2, -0.15) is 0 Å². The van der Waals surface area contributed by atoms with E-state index >= 15 is 0 Å². The van der Waals surface area contributed by atoms with E-state index in [9.17, 15) is 0 Å². The number of allylic oxidation sites excluding steroid dienone is 1. The normalized spacial score (nSPS) is 14.3. The Morgan fingerprint density at radius 3 is 1.26 bits per heavy atom. The predicted octanol–water partition coefficient (Wildman–Crippen LogP) is 21.1. The Labute approximate surface area is 453 Å². The van der Waals surface area contributed by atoms with Crippen LogP contribution in [0.2, 0.25) is 0 Å². The van der Waals surface area contributed by atoms with Crippen LogP contribution in [-0.2, 0) is 10.8 Å². The molecule has 368 valence electrons. The molecule has 1 unspecified atom stereocenters. The monoisotopic (exact) mass is 1010 g/mol. The summed E-state index contributed by atoms with van der Waals surface area (Å²) in [5.74, 6) is 0. The van der Waals surface area contributed by atoms with Gasteiger partial charge < -0.3 is 9.13 Å². The van der Waals surface area contributed by atoms with Crippen LogP contribution in [0.1, 0.15) is 74.8 Å². The van der Waals surface area contributed by atoms with Crippen LogP contribution in [0.5, 0.6) is 0 Å². The molecule has 0 saturated carbocycles. The first-order valence-corrected chi connectivity index (χ1v) is 28.4. The molecule has 0 amide bonds. The fourth-order valence-corrected chi connectivity index (χ4v) is 14.6. The second-order valence-electron chi connectivity index (χ2n) is 22.8. The van der Waals surface area contributed by atoms with Crippen molar-refractivity contribution in [1.82, 2.24) is 9.13 Å². The third kappa shape index (κ3) is 7.75. The molecular formula is C72H58N2S2. The summed E-state index contributed by atoms with van der Waals surface area (Å²) in [6.07, 6.45) is 3.49. The van der Waals surface area contributed by atoms with Crippen molar-refractivity contribution in [1.29, 1.82) is 0 Å². The highest BCUT2D eigenvalue weighted by molar-refractivity contribution is 8.08. The molecule has 13 aromatic rings. The smallest absolute Gasteiger partial charge is 0.0541 e. The minimum Gasteiger partial charge on any atom is -0.309 e. The number of fused-ring (bicyclic) bond motifs is 8. The van der Waals surface area contributed by atoms with Crippen molar-refractivity contribution in [3.63, 3.8) is 0 Å². The van der Waals surface area contributed by atoms with Crippen LogP contribution < -0.4 is 0 Å². The van der Waals surface area contributed by atoms with Gasteiger partial charge in [0.15, 0.2) is 0 Å². The van der Waals surface area contributed by atoms with Crippen molar-refractivity contribution in [3.05, 3.63) is 246 Å². The van der Waals surface area contributed by atoms with Gasteiger partial charge in [-0.25, -0.2) is 0 Å². The Hall–Kier alpha value is -7.89. The fraction of sp³-hybridized carbons (Fsp3) is 0.139. The molecule has 0 N–H and O–H groups in total. The molecule has 1 aliphatic heterocycles. The van der Waals surface area contributed by atoms with Crippen LogP contribution in [0.25, 0.3) is 114 Å². The molecule has 14 rings (SSSR count). The summed E-state index contributed by atoms with van der Waals surface area (Å²) in [4.78, 5) is 4.11. The fourth-order valence-electron chi connectivity index (χ4n) is 12.1. The molecule has 3 aromatic heterocycles. The zero-order valence-electron chi connectivity index (χ0n) is 43.9. The highest BCUT2D eigenvalue weighted by atomic mass is 32.2. The van der Waals surface area contributed by atoms with E-state index in [0.717, 1.165) is 6.42 Å². The Morgan fingerprint density at radius 1 is 0.368 bits per heavy atom. The highest BCUT2D eigenvalue weighted by Crippen LogP contribution is 2.53. The van der Waals surface area contributed by atoms with E-state index < -0.39 is 0 Å². The SMILES string of the molecule is CC(C)(C)c1ccc(-n2c3ccccc3c3cc(-c4ccc(C5=CCC(c6ccc(-c7ccc(-c8ccc9c(c8)c8ccccc8n9-c8ccc(C(C)(C)C)cc8)c8ccccc78)s6)S5)c5ccccc45)ccc32)cc1. The molecule has 4 heterocycles. The van der Waals surface area contributed by atoms with E-state index in [1.165, 1.54) is 136 Å². The molecule has 10 aromatic carbocycles. The number of para-hydroxylation sites is 2. The van der Waals surface area contributed by atoms with Crippen LogP contribution >= 0.6 is 23.1 Å². The molecule has 0 spiro atoms. The van der Waals surface area contributed by atoms with Crippen molar-refractivity contribution >= 4 is 93.2 Å². The van der Waals surface area contributed by atoms with Crippen molar-refractivity contribution in [2.75, 3.05) is 0 Å². The summed E-state index contributed by atoms with van der Waals surface area (Å²) in [5.41, 5.74) is 17.8. The maximum absolute atomic E-state index is 2.48. The van der Waals surface area contributed by atoms with Crippen LogP contribution in [0.3, 0.4) is 0 Å². The average molecular weight is 1020 g/mol. The zero-order valence-corrected chi connectivity index (χ0v) is 45.5. The van der Waals surface area contributed by atoms with Gasteiger partial charge in [0.2, 0.25) is 0 Å². The van der Waals surface area contributed by atoms with Gasteiger partial charge >= 0.3 is 0 Å². The van der Waals surface area contributed by atoms with Crippen molar-refractivity contribution < 1.29 is 0 Å². The molecule has 0 radical (unpaired) electrons. The van der Waals surface area contributed by atoms with Crippen LogP contribution in [0.15, 0.2) is 224 Å².